The second kappa shape index (κ2) is 8.41. The Morgan fingerprint density at radius 2 is 1.79 bits per heavy atom. The lowest BCUT2D eigenvalue weighted by molar-refractivity contribution is 0.272. The van der Waals surface area contributed by atoms with Crippen molar-refractivity contribution in [1.29, 1.82) is 0 Å². The summed E-state index contributed by atoms with van der Waals surface area (Å²) in [4.78, 5) is 18.0. The van der Waals surface area contributed by atoms with E-state index in [2.05, 4.69) is 47.1 Å². The summed E-state index contributed by atoms with van der Waals surface area (Å²) in [7, 11) is 0. The molecule has 2 aliphatic heterocycles. The van der Waals surface area contributed by atoms with Gasteiger partial charge in [-0.1, -0.05) is 37.3 Å². The number of aromatic nitrogens is 2. The van der Waals surface area contributed by atoms with E-state index in [1.54, 1.807) is 0 Å². The number of rotatable bonds is 5. The van der Waals surface area contributed by atoms with E-state index in [0.29, 0.717) is 0 Å². The predicted octanol–water partition coefficient (Wildman–Crippen LogP) is 4.84. The number of fused-ring (bicyclic) bond motifs is 3. The summed E-state index contributed by atoms with van der Waals surface area (Å²) in [6.07, 6.45) is 6.95. The lowest BCUT2D eigenvalue weighted by atomic mass is 10.0. The normalized spacial score (nSPS) is 17.6. The third-order valence-corrected chi connectivity index (χ3v) is 7.50. The maximum absolute atomic E-state index is 5.17. The standard InChI is InChI=1S/C24H30N4S/c1-2-27-16-13-19-20(17-27)29-24-22(19)23(28-14-7-4-8-15-28)25-21(26-24)12-11-18-9-5-3-6-10-18/h3,5-6,9-10H,2,4,7-8,11-17H2,1H3. The molecule has 0 atom stereocenters. The van der Waals surface area contributed by atoms with Crippen molar-refractivity contribution < 1.29 is 0 Å². The smallest absolute Gasteiger partial charge is 0.141 e. The van der Waals surface area contributed by atoms with Crippen molar-refractivity contribution in [3.63, 3.8) is 0 Å². The fourth-order valence-corrected chi connectivity index (χ4v) is 5.96. The Hall–Kier alpha value is -1.98. The van der Waals surface area contributed by atoms with Gasteiger partial charge in [0.05, 0.1) is 5.39 Å². The lowest BCUT2D eigenvalue weighted by Crippen LogP contribution is -2.31. The molecule has 4 heterocycles. The Bertz CT molecular complexity index is 975. The van der Waals surface area contributed by atoms with E-state index >= 15 is 0 Å². The molecular formula is C24H30N4S. The van der Waals surface area contributed by atoms with Gasteiger partial charge in [-0.3, -0.25) is 4.90 Å². The molecule has 5 heteroatoms. The van der Waals surface area contributed by atoms with Gasteiger partial charge in [0.15, 0.2) is 0 Å². The molecule has 0 unspecified atom stereocenters. The number of piperidine rings is 1. The molecule has 1 aromatic carbocycles. The minimum atomic E-state index is 0.907. The molecule has 0 amide bonds. The van der Waals surface area contributed by atoms with Crippen LogP contribution in [0.15, 0.2) is 30.3 Å². The molecule has 3 aromatic rings. The average Bonchev–Trinajstić information content (AvgIpc) is 3.16. The zero-order valence-electron chi connectivity index (χ0n) is 17.4. The van der Waals surface area contributed by atoms with Crippen molar-refractivity contribution in [3.8, 4) is 0 Å². The summed E-state index contributed by atoms with van der Waals surface area (Å²) in [5, 5.41) is 1.37. The van der Waals surface area contributed by atoms with Crippen LogP contribution in [-0.2, 0) is 25.8 Å². The minimum Gasteiger partial charge on any atom is -0.356 e. The van der Waals surface area contributed by atoms with Crippen LogP contribution in [0.3, 0.4) is 0 Å². The van der Waals surface area contributed by atoms with Crippen LogP contribution < -0.4 is 4.90 Å². The van der Waals surface area contributed by atoms with Gasteiger partial charge in [-0.05, 0) is 49.8 Å². The maximum atomic E-state index is 5.17. The summed E-state index contributed by atoms with van der Waals surface area (Å²) >= 11 is 1.91. The minimum absolute atomic E-state index is 0.907. The molecule has 1 saturated heterocycles. The molecule has 2 aromatic heterocycles. The van der Waals surface area contributed by atoms with Crippen molar-refractivity contribution >= 4 is 27.4 Å². The van der Waals surface area contributed by atoms with Crippen LogP contribution in [0.25, 0.3) is 10.2 Å². The average molecular weight is 407 g/mol. The molecule has 4 nitrogen and oxygen atoms in total. The van der Waals surface area contributed by atoms with E-state index in [0.717, 1.165) is 57.8 Å². The summed E-state index contributed by atoms with van der Waals surface area (Å²) in [6, 6.07) is 10.7. The number of nitrogens with zero attached hydrogens (tertiary/aromatic N) is 4. The first kappa shape index (κ1) is 19.0. The first-order valence-corrected chi connectivity index (χ1v) is 12.0. The third-order valence-electron chi connectivity index (χ3n) is 6.39. The molecule has 2 aliphatic rings. The van der Waals surface area contributed by atoms with Gasteiger partial charge >= 0.3 is 0 Å². The van der Waals surface area contributed by atoms with Crippen molar-refractivity contribution in [1.82, 2.24) is 14.9 Å². The van der Waals surface area contributed by atoms with E-state index in [1.807, 2.05) is 11.3 Å². The Labute approximate surface area is 177 Å². The first-order chi connectivity index (χ1) is 14.3. The monoisotopic (exact) mass is 406 g/mol. The van der Waals surface area contributed by atoms with Gasteiger partial charge < -0.3 is 4.90 Å². The Kier molecular flexibility index (Phi) is 5.51. The molecule has 1 fully saturated rings. The van der Waals surface area contributed by atoms with E-state index in [-0.39, 0.29) is 0 Å². The summed E-state index contributed by atoms with van der Waals surface area (Å²) in [5.74, 6) is 2.23. The van der Waals surface area contributed by atoms with Crippen LogP contribution in [0.1, 0.15) is 48.0 Å². The van der Waals surface area contributed by atoms with E-state index < -0.39 is 0 Å². The molecule has 0 saturated carbocycles. The molecule has 0 radical (unpaired) electrons. The number of likely N-dealkylation sites (N-methyl/N-ethyl adjacent to an activating group) is 1. The van der Waals surface area contributed by atoms with Crippen molar-refractivity contribution in [2.24, 2.45) is 0 Å². The fraction of sp³-hybridized carbons (Fsp3) is 0.500. The van der Waals surface area contributed by atoms with E-state index in [4.69, 9.17) is 9.97 Å². The van der Waals surface area contributed by atoms with Gasteiger partial charge in [-0.25, -0.2) is 9.97 Å². The highest BCUT2D eigenvalue weighted by atomic mass is 32.1. The highest BCUT2D eigenvalue weighted by molar-refractivity contribution is 7.19. The molecule has 0 spiro atoms. The molecule has 5 rings (SSSR count). The van der Waals surface area contributed by atoms with Gasteiger partial charge in [0.1, 0.15) is 16.5 Å². The fourth-order valence-electron chi connectivity index (χ4n) is 4.69. The van der Waals surface area contributed by atoms with Gasteiger partial charge in [0.2, 0.25) is 0 Å². The second-order valence-corrected chi connectivity index (χ2v) is 9.38. The number of hydrogen-bond donors (Lipinski definition) is 0. The Morgan fingerprint density at radius 1 is 0.966 bits per heavy atom. The topological polar surface area (TPSA) is 32.3 Å². The number of thiophene rings is 1. The molecule has 0 N–H and O–H groups in total. The zero-order chi connectivity index (χ0) is 19.6. The van der Waals surface area contributed by atoms with Crippen LogP contribution in [-0.4, -0.2) is 41.0 Å². The molecular weight excluding hydrogens is 376 g/mol. The quantitative estimate of drug-likeness (QED) is 0.607. The largest absolute Gasteiger partial charge is 0.356 e. The molecule has 0 bridgehead atoms. The summed E-state index contributed by atoms with van der Waals surface area (Å²) in [6.45, 7) is 7.89. The number of anilines is 1. The predicted molar refractivity (Wildman–Crippen MR) is 122 cm³/mol. The number of hydrogen-bond acceptors (Lipinski definition) is 5. The SMILES string of the molecule is CCN1CCc2c(sc3nc(CCc4ccccc4)nc(N4CCCCC4)c23)C1. The van der Waals surface area contributed by atoms with Crippen LogP contribution in [0.5, 0.6) is 0 Å². The zero-order valence-corrected chi connectivity index (χ0v) is 18.2. The van der Waals surface area contributed by atoms with Gasteiger partial charge in [-0.15, -0.1) is 11.3 Å². The van der Waals surface area contributed by atoms with Crippen LogP contribution >= 0.6 is 11.3 Å². The van der Waals surface area contributed by atoms with Gasteiger partial charge in [0.25, 0.3) is 0 Å². The summed E-state index contributed by atoms with van der Waals surface area (Å²) < 4.78 is 0. The third kappa shape index (κ3) is 3.90. The number of benzene rings is 1. The van der Waals surface area contributed by atoms with Crippen LogP contribution in [0.4, 0.5) is 5.82 Å². The highest BCUT2D eigenvalue weighted by Crippen LogP contribution is 2.39. The second-order valence-electron chi connectivity index (χ2n) is 8.30. The summed E-state index contributed by atoms with van der Waals surface area (Å²) in [5.41, 5.74) is 2.89. The molecule has 152 valence electrons. The number of aryl methyl sites for hydroxylation is 2. The van der Waals surface area contributed by atoms with Crippen molar-refractivity contribution in [2.75, 3.05) is 31.1 Å². The molecule has 0 aliphatic carbocycles. The molecule has 29 heavy (non-hydrogen) atoms. The van der Waals surface area contributed by atoms with Crippen molar-refractivity contribution in [2.45, 2.75) is 52.0 Å². The van der Waals surface area contributed by atoms with Gasteiger partial charge in [0, 0.05) is 37.5 Å². The Morgan fingerprint density at radius 3 is 2.59 bits per heavy atom. The first-order valence-electron chi connectivity index (χ1n) is 11.1. The highest BCUT2D eigenvalue weighted by Gasteiger charge is 2.26. The van der Waals surface area contributed by atoms with Crippen LogP contribution in [0.2, 0.25) is 0 Å². The van der Waals surface area contributed by atoms with Gasteiger partial charge in [-0.2, -0.15) is 0 Å². The van der Waals surface area contributed by atoms with E-state index in [9.17, 15) is 0 Å². The Balaban J connectivity index is 1.53. The van der Waals surface area contributed by atoms with Crippen molar-refractivity contribution in [3.05, 3.63) is 52.2 Å². The lowest BCUT2D eigenvalue weighted by Gasteiger charge is -2.30. The maximum Gasteiger partial charge on any atom is 0.141 e. The van der Waals surface area contributed by atoms with Crippen LogP contribution in [0, 0.1) is 0 Å². The van der Waals surface area contributed by atoms with E-state index in [1.165, 1.54) is 51.3 Å².